The van der Waals surface area contributed by atoms with Gasteiger partial charge in [0, 0.05) is 33.4 Å². The van der Waals surface area contributed by atoms with Gasteiger partial charge in [-0.3, -0.25) is 4.57 Å². The van der Waals surface area contributed by atoms with Crippen LogP contribution in [0.15, 0.2) is 156 Å². The summed E-state index contributed by atoms with van der Waals surface area (Å²) < 4.78 is 8.71. The third-order valence-electron chi connectivity index (χ3n) is 8.42. The number of nitrogens with zero attached hydrogens (tertiary/aromatic N) is 3. The normalized spacial score (nSPS) is 11.6. The molecule has 0 bridgehead atoms. The second-order valence-electron chi connectivity index (χ2n) is 11.0. The van der Waals surface area contributed by atoms with Crippen molar-refractivity contribution in [2.24, 2.45) is 0 Å². The molecule has 6 aromatic carbocycles. The van der Waals surface area contributed by atoms with Gasteiger partial charge in [-0.25, -0.2) is 9.97 Å². The third-order valence-corrected chi connectivity index (χ3v) is 8.42. The average Bonchev–Trinajstić information content (AvgIpc) is 3.65. The molecule has 0 amide bonds. The van der Waals surface area contributed by atoms with Crippen LogP contribution in [0.2, 0.25) is 0 Å². The maximum Gasteiger partial charge on any atom is 0.162 e. The summed E-state index contributed by atoms with van der Waals surface area (Å²) in [5.41, 5.74) is 9.10. The number of para-hydroxylation sites is 1. The number of hydrogen-bond acceptors (Lipinski definition) is 3. The Morgan fingerprint density at radius 3 is 1.93 bits per heavy atom. The quantitative estimate of drug-likeness (QED) is 0.214. The van der Waals surface area contributed by atoms with Gasteiger partial charge in [-0.15, -0.1) is 0 Å². The van der Waals surface area contributed by atoms with Crippen LogP contribution in [-0.4, -0.2) is 14.5 Å². The van der Waals surface area contributed by atoms with Crippen molar-refractivity contribution < 1.29 is 4.42 Å². The fourth-order valence-electron chi connectivity index (χ4n) is 6.48. The molecule has 9 rings (SSSR count). The smallest absolute Gasteiger partial charge is 0.162 e. The number of fused-ring (bicyclic) bond motifs is 7. The van der Waals surface area contributed by atoms with Gasteiger partial charge in [-0.05, 0) is 35.4 Å². The Hall–Kier alpha value is -6.00. The Balaban J connectivity index is 1.47. The zero-order valence-electron chi connectivity index (χ0n) is 23.7. The molecule has 0 atom stereocenters. The molecule has 0 aliphatic heterocycles. The minimum Gasteiger partial charge on any atom is -0.456 e. The molecule has 9 aromatic rings. The average molecular weight is 564 g/mol. The topological polar surface area (TPSA) is 43.9 Å². The molecule has 0 saturated carbocycles. The van der Waals surface area contributed by atoms with Gasteiger partial charge >= 0.3 is 0 Å². The molecule has 3 aromatic heterocycles. The molecule has 0 aliphatic rings. The summed E-state index contributed by atoms with van der Waals surface area (Å²) in [6, 6.07) is 52.4. The van der Waals surface area contributed by atoms with Crippen LogP contribution in [0.1, 0.15) is 0 Å². The van der Waals surface area contributed by atoms with Crippen LogP contribution < -0.4 is 0 Å². The van der Waals surface area contributed by atoms with Crippen LogP contribution in [-0.2, 0) is 0 Å². The number of benzene rings is 6. The molecular formula is C40H25N3O. The SMILES string of the molecule is c1ccc(-c2cc(-n3c4cccc(-c5ccccc5)c4c4ccc5oc6ccccc6c5c43)nc(-c3ccccc3)n2)cc1. The lowest BCUT2D eigenvalue weighted by atomic mass is 9.99. The van der Waals surface area contributed by atoms with E-state index in [4.69, 9.17) is 14.4 Å². The van der Waals surface area contributed by atoms with Gasteiger partial charge < -0.3 is 4.42 Å². The number of furan rings is 1. The summed E-state index contributed by atoms with van der Waals surface area (Å²) >= 11 is 0. The predicted molar refractivity (Wildman–Crippen MR) is 180 cm³/mol. The molecule has 0 spiro atoms. The van der Waals surface area contributed by atoms with E-state index in [1.807, 2.05) is 48.5 Å². The Labute approximate surface area is 253 Å². The third kappa shape index (κ3) is 3.78. The van der Waals surface area contributed by atoms with E-state index in [1.54, 1.807) is 0 Å². The first-order valence-corrected chi connectivity index (χ1v) is 14.8. The highest BCUT2D eigenvalue weighted by atomic mass is 16.3. The molecular weight excluding hydrogens is 538 g/mol. The zero-order chi connectivity index (χ0) is 29.0. The van der Waals surface area contributed by atoms with Gasteiger partial charge in [0.05, 0.1) is 22.1 Å². The highest BCUT2D eigenvalue weighted by molar-refractivity contribution is 6.26. The second-order valence-corrected chi connectivity index (χ2v) is 11.0. The van der Waals surface area contributed by atoms with E-state index >= 15 is 0 Å². The van der Waals surface area contributed by atoms with Gasteiger partial charge in [-0.2, -0.15) is 0 Å². The van der Waals surface area contributed by atoms with Crippen molar-refractivity contribution in [3.63, 3.8) is 0 Å². The van der Waals surface area contributed by atoms with Crippen LogP contribution >= 0.6 is 0 Å². The highest BCUT2D eigenvalue weighted by Crippen LogP contribution is 2.44. The molecule has 0 aliphatic carbocycles. The Morgan fingerprint density at radius 1 is 0.477 bits per heavy atom. The van der Waals surface area contributed by atoms with E-state index in [2.05, 4.69) is 108 Å². The lowest BCUT2D eigenvalue weighted by Gasteiger charge is -2.13. The van der Waals surface area contributed by atoms with Crippen molar-refractivity contribution in [1.82, 2.24) is 14.5 Å². The molecule has 206 valence electrons. The molecule has 0 N–H and O–H groups in total. The standard InChI is InChI=1S/C40H25N3O/c1-4-13-26(14-5-1)29-20-12-21-33-37(29)31-23-24-35-38(30-19-10-11-22-34(30)44-35)39(31)43(33)36-25-32(27-15-6-2-7-16-27)41-40(42-36)28-17-8-3-9-18-28/h1-25H. The van der Waals surface area contributed by atoms with Gasteiger partial charge in [0.2, 0.25) is 0 Å². The maximum atomic E-state index is 6.40. The first kappa shape index (κ1) is 24.6. The van der Waals surface area contributed by atoms with E-state index in [1.165, 1.54) is 16.5 Å². The van der Waals surface area contributed by atoms with Crippen LogP contribution in [0.25, 0.3) is 83.3 Å². The van der Waals surface area contributed by atoms with Crippen molar-refractivity contribution in [2.75, 3.05) is 0 Å². The van der Waals surface area contributed by atoms with Crippen molar-refractivity contribution in [3.8, 4) is 39.6 Å². The highest BCUT2D eigenvalue weighted by Gasteiger charge is 2.22. The van der Waals surface area contributed by atoms with Gasteiger partial charge in [0.15, 0.2) is 5.82 Å². The Kier molecular flexibility index (Phi) is 5.47. The van der Waals surface area contributed by atoms with Gasteiger partial charge in [-0.1, -0.05) is 121 Å². The lowest BCUT2D eigenvalue weighted by Crippen LogP contribution is -2.02. The first-order chi connectivity index (χ1) is 21.8. The van der Waals surface area contributed by atoms with Crippen LogP contribution in [0.3, 0.4) is 0 Å². The predicted octanol–water partition coefficient (Wildman–Crippen LogP) is 10.5. The summed E-state index contributed by atoms with van der Waals surface area (Å²) in [6.07, 6.45) is 0. The van der Waals surface area contributed by atoms with Gasteiger partial charge in [0.25, 0.3) is 0 Å². The van der Waals surface area contributed by atoms with Crippen molar-refractivity contribution in [3.05, 3.63) is 152 Å². The monoisotopic (exact) mass is 563 g/mol. The van der Waals surface area contributed by atoms with E-state index in [0.29, 0.717) is 5.82 Å². The minimum atomic E-state index is 0.681. The van der Waals surface area contributed by atoms with Crippen LogP contribution in [0.5, 0.6) is 0 Å². The molecule has 0 radical (unpaired) electrons. The van der Waals surface area contributed by atoms with Crippen LogP contribution in [0, 0.1) is 0 Å². The lowest BCUT2D eigenvalue weighted by molar-refractivity contribution is 0.669. The summed E-state index contributed by atoms with van der Waals surface area (Å²) in [5, 5.41) is 4.50. The molecule has 0 saturated heterocycles. The summed E-state index contributed by atoms with van der Waals surface area (Å²) in [5.74, 6) is 1.49. The Morgan fingerprint density at radius 2 is 1.16 bits per heavy atom. The molecule has 4 nitrogen and oxygen atoms in total. The number of hydrogen-bond donors (Lipinski definition) is 0. The summed E-state index contributed by atoms with van der Waals surface area (Å²) in [6.45, 7) is 0. The number of rotatable bonds is 4. The molecule has 0 fully saturated rings. The molecule has 3 heterocycles. The number of aromatic nitrogens is 3. The van der Waals surface area contributed by atoms with E-state index in [0.717, 1.165) is 61.0 Å². The van der Waals surface area contributed by atoms with E-state index in [9.17, 15) is 0 Å². The second kappa shape index (κ2) is 9.79. The van der Waals surface area contributed by atoms with E-state index in [-0.39, 0.29) is 0 Å². The molecule has 44 heavy (non-hydrogen) atoms. The van der Waals surface area contributed by atoms with Crippen molar-refractivity contribution >= 4 is 43.7 Å². The maximum absolute atomic E-state index is 6.40. The largest absolute Gasteiger partial charge is 0.456 e. The van der Waals surface area contributed by atoms with Crippen molar-refractivity contribution in [1.29, 1.82) is 0 Å². The fourth-order valence-corrected chi connectivity index (χ4v) is 6.48. The van der Waals surface area contributed by atoms with Gasteiger partial charge in [0.1, 0.15) is 17.0 Å². The summed E-state index contributed by atoms with van der Waals surface area (Å²) in [4.78, 5) is 10.3. The van der Waals surface area contributed by atoms with Crippen molar-refractivity contribution in [2.45, 2.75) is 0 Å². The fraction of sp³-hybridized carbons (Fsp3) is 0. The summed E-state index contributed by atoms with van der Waals surface area (Å²) in [7, 11) is 0. The molecule has 0 unspecified atom stereocenters. The minimum absolute atomic E-state index is 0.681. The Bertz CT molecular complexity index is 2420. The zero-order valence-corrected chi connectivity index (χ0v) is 23.7. The molecule has 4 heteroatoms. The van der Waals surface area contributed by atoms with E-state index < -0.39 is 0 Å². The van der Waals surface area contributed by atoms with Crippen LogP contribution in [0.4, 0.5) is 0 Å². The first-order valence-electron chi connectivity index (χ1n) is 14.8.